The highest BCUT2D eigenvalue weighted by Crippen LogP contribution is 2.32. The second-order valence-electron chi connectivity index (χ2n) is 16.4. The Morgan fingerprint density at radius 2 is 1.71 bits per heavy atom. The van der Waals surface area contributed by atoms with Gasteiger partial charge in [0.05, 0.1) is 36.1 Å². The maximum absolute atomic E-state index is 14.8. The van der Waals surface area contributed by atoms with Crippen LogP contribution < -0.4 is 10.2 Å². The van der Waals surface area contributed by atoms with Gasteiger partial charge in [-0.25, -0.2) is 15.0 Å². The summed E-state index contributed by atoms with van der Waals surface area (Å²) in [6.45, 7) is 11.5. The molecule has 3 saturated heterocycles. The van der Waals surface area contributed by atoms with Crippen LogP contribution >= 0.6 is 0 Å². The second kappa shape index (κ2) is 18.6. The lowest BCUT2D eigenvalue weighted by Gasteiger charge is -2.55. The van der Waals surface area contributed by atoms with Crippen LogP contribution in [0.5, 0.6) is 5.75 Å². The van der Waals surface area contributed by atoms with Crippen molar-refractivity contribution in [1.82, 2.24) is 34.3 Å². The number of nitrogens with zero attached hydrogens (tertiary/aromatic N) is 8. The predicted molar refractivity (Wildman–Crippen MR) is 239 cm³/mol. The molecule has 62 heavy (non-hydrogen) atoms. The normalized spacial score (nSPS) is 18.6. The summed E-state index contributed by atoms with van der Waals surface area (Å²) in [4.78, 5) is 69.9. The van der Waals surface area contributed by atoms with Crippen molar-refractivity contribution >= 4 is 46.0 Å². The zero-order chi connectivity index (χ0) is 43.3. The summed E-state index contributed by atoms with van der Waals surface area (Å²) in [5.41, 5.74) is 4.47. The van der Waals surface area contributed by atoms with Crippen molar-refractivity contribution in [3.05, 3.63) is 132 Å². The Bertz CT molecular complexity index is 2410. The number of fused-ring (bicyclic) bond motifs is 2. The number of para-hydroxylation sites is 1. The summed E-state index contributed by atoms with van der Waals surface area (Å²) in [5, 5.41) is 17.2. The van der Waals surface area contributed by atoms with Crippen molar-refractivity contribution in [3.8, 4) is 5.75 Å². The number of hydrazine groups is 1. The predicted octanol–water partition coefficient (Wildman–Crippen LogP) is 5.05. The van der Waals surface area contributed by atoms with Gasteiger partial charge in [-0.1, -0.05) is 73.7 Å². The molecule has 14 nitrogen and oxygen atoms in total. The summed E-state index contributed by atoms with van der Waals surface area (Å²) in [6, 6.07) is 25.1. The lowest BCUT2D eigenvalue weighted by atomic mass is 9.97. The van der Waals surface area contributed by atoms with Crippen LogP contribution in [0.25, 0.3) is 10.9 Å². The number of anilines is 2. The molecule has 2 atom stereocenters. The summed E-state index contributed by atoms with van der Waals surface area (Å²) < 4.78 is 1.91. The van der Waals surface area contributed by atoms with Gasteiger partial charge < -0.3 is 29.7 Å². The molecule has 3 aliphatic heterocycles. The van der Waals surface area contributed by atoms with Gasteiger partial charge in [0.2, 0.25) is 17.7 Å². The first-order valence-corrected chi connectivity index (χ1v) is 21.5. The Morgan fingerprint density at radius 1 is 0.935 bits per heavy atom. The van der Waals surface area contributed by atoms with Crippen molar-refractivity contribution in [2.45, 2.75) is 51.4 Å². The van der Waals surface area contributed by atoms with E-state index in [0.29, 0.717) is 17.7 Å². The number of piperazine rings is 2. The van der Waals surface area contributed by atoms with Crippen LogP contribution in [0.15, 0.2) is 110 Å². The molecule has 8 rings (SSSR count). The minimum atomic E-state index is -0.916. The summed E-state index contributed by atoms with van der Waals surface area (Å²) in [5.74, 6) is 0.0431. The van der Waals surface area contributed by atoms with Crippen LogP contribution in [-0.4, -0.2) is 128 Å². The van der Waals surface area contributed by atoms with Gasteiger partial charge in [-0.15, -0.1) is 6.58 Å². The topological polar surface area (TPSA) is 138 Å². The molecule has 0 saturated carbocycles. The number of rotatable bonds is 14. The lowest BCUT2D eigenvalue weighted by molar-refractivity contribution is -0.205. The molecule has 14 heteroatoms. The number of phenols is 1. The average Bonchev–Trinajstić information content (AvgIpc) is 3.63. The Balaban J connectivity index is 1.06. The van der Waals surface area contributed by atoms with E-state index in [1.54, 1.807) is 62.6 Å². The van der Waals surface area contributed by atoms with Crippen molar-refractivity contribution in [1.29, 1.82) is 0 Å². The third-order valence-electron chi connectivity index (χ3n) is 12.2. The van der Waals surface area contributed by atoms with Crippen LogP contribution in [0.4, 0.5) is 11.5 Å². The lowest BCUT2D eigenvalue weighted by Crippen LogP contribution is -2.75. The summed E-state index contributed by atoms with van der Waals surface area (Å²) in [6.07, 6.45) is 6.45. The maximum atomic E-state index is 14.8. The molecule has 2 N–H and O–H groups in total. The van der Waals surface area contributed by atoms with Gasteiger partial charge in [-0.2, -0.15) is 0 Å². The Morgan fingerprint density at radius 3 is 2.42 bits per heavy atom. The number of aromatic hydroxyl groups is 1. The van der Waals surface area contributed by atoms with Gasteiger partial charge in [0.15, 0.2) is 0 Å². The molecular weight excluding hydrogens is 783 g/mol. The number of aryl methyl sites for hydroxylation is 2. The standard InChI is InChI=1S/C48H55N9O5/c1-4-22-52-24-26-53(27-25-52)42-20-17-37(29-49-42)50-47(61)40-31-51(3)46-36(12-9-13-39(40)46)30-54-32-43-56(41(48(54)62)28-35-14-18-38(58)19-15-35)45(60)33-55(23-5-2)57(43)44(59)21-16-34-10-7-6-8-11-34/h5-15,17-20,29,31,41,43,58H,2,4,16,21-28,30,32-33H2,1,3H3,(H,50,61). The van der Waals surface area contributed by atoms with Gasteiger partial charge in [0.25, 0.3) is 5.91 Å². The summed E-state index contributed by atoms with van der Waals surface area (Å²) >= 11 is 0. The monoisotopic (exact) mass is 837 g/mol. The van der Waals surface area contributed by atoms with Gasteiger partial charge in [0, 0.05) is 70.7 Å². The van der Waals surface area contributed by atoms with Gasteiger partial charge >= 0.3 is 0 Å². The number of carbonyl (C=O) groups is 4. The molecule has 322 valence electrons. The van der Waals surface area contributed by atoms with Crippen molar-refractivity contribution < 1.29 is 24.3 Å². The number of nitrogens with one attached hydrogen (secondary N) is 1. The number of pyridine rings is 1. The molecule has 5 aromatic rings. The van der Waals surface area contributed by atoms with E-state index in [-0.39, 0.29) is 68.4 Å². The van der Waals surface area contributed by atoms with E-state index in [0.717, 1.165) is 72.6 Å². The quantitative estimate of drug-likeness (QED) is 0.147. The van der Waals surface area contributed by atoms with Crippen molar-refractivity contribution in [2.24, 2.45) is 7.05 Å². The zero-order valence-corrected chi connectivity index (χ0v) is 35.5. The molecule has 4 amide bonds. The second-order valence-corrected chi connectivity index (χ2v) is 16.4. The molecule has 5 heterocycles. The number of hydrogen-bond acceptors (Lipinski definition) is 9. The fourth-order valence-electron chi connectivity index (χ4n) is 9.20. The number of aromatic nitrogens is 2. The number of phenolic OH excluding ortho intramolecular Hbond substituents is 1. The van der Waals surface area contributed by atoms with E-state index in [1.165, 1.54) is 0 Å². The molecule has 2 unspecified atom stereocenters. The van der Waals surface area contributed by atoms with E-state index in [9.17, 15) is 24.3 Å². The smallest absolute Gasteiger partial charge is 0.257 e. The fraction of sp³-hybridized carbons (Fsp3) is 0.354. The summed E-state index contributed by atoms with van der Waals surface area (Å²) in [7, 11) is 1.88. The van der Waals surface area contributed by atoms with Crippen molar-refractivity contribution in [2.75, 3.05) is 62.6 Å². The zero-order valence-electron chi connectivity index (χ0n) is 35.5. The van der Waals surface area contributed by atoms with Crippen LogP contribution in [0.2, 0.25) is 0 Å². The molecular formula is C48H55N9O5. The number of benzene rings is 3. The van der Waals surface area contributed by atoms with Gasteiger partial charge in [0.1, 0.15) is 23.8 Å². The molecule has 0 bridgehead atoms. The minimum absolute atomic E-state index is 0.0763. The van der Waals surface area contributed by atoms with Crippen LogP contribution in [-0.2, 0) is 40.8 Å². The maximum Gasteiger partial charge on any atom is 0.257 e. The number of carbonyl (C=O) groups excluding carboxylic acids is 4. The molecule has 2 aromatic heterocycles. The van der Waals surface area contributed by atoms with E-state index >= 15 is 0 Å². The molecule has 3 fully saturated rings. The fourth-order valence-corrected chi connectivity index (χ4v) is 9.20. The molecule has 0 aliphatic carbocycles. The Kier molecular flexibility index (Phi) is 12.7. The molecule has 0 radical (unpaired) electrons. The van der Waals surface area contributed by atoms with E-state index in [2.05, 4.69) is 33.6 Å². The van der Waals surface area contributed by atoms with E-state index in [1.807, 2.05) is 72.3 Å². The highest BCUT2D eigenvalue weighted by Gasteiger charge is 2.51. The molecule has 3 aromatic carbocycles. The van der Waals surface area contributed by atoms with Crippen LogP contribution in [0.1, 0.15) is 46.8 Å². The van der Waals surface area contributed by atoms with Crippen LogP contribution in [0.3, 0.4) is 0 Å². The van der Waals surface area contributed by atoms with Gasteiger partial charge in [-0.05, 0) is 60.3 Å². The highest BCUT2D eigenvalue weighted by atomic mass is 16.3. The SMILES string of the molecule is C=CCN1CC(=O)N2C(Cc3ccc(O)cc3)C(=O)N(Cc3cccc4c(C(=O)Nc5ccc(N6CCN(CCC)CC6)nc5)cn(C)c34)CC2N1C(=O)CCc1ccccc1. The highest BCUT2D eigenvalue weighted by molar-refractivity contribution is 6.13. The number of amides is 4. The van der Waals surface area contributed by atoms with Crippen molar-refractivity contribution in [3.63, 3.8) is 0 Å². The average molecular weight is 838 g/mol. The minimum Gasteiger partial charge on any atom is -0.508 e. The Labute approximate surface area is 362 Å². The first kappa shape index (κ1) is 42.2. The first-order chi connectivity index (χ1) is 30.1. The first-order valence-electron chi connectivity index (χ1n) is 21.5. The third kappa shape index (κ3) is 8.93. The number of hydrogen-bond donors (Lipinski definition) is 2. The van der Waals surface area contributed by atoms with E-state index in [4.69, 9.17) is 0 Å². The van der Waals surface area contributed by atoms with E-state index < -0.39 is 12.2 Å². The van der Waals surface area contributed by atoms with Gasteiger partial charge in [-0.3, -0.25) is 24.1 Å². The third-order valence-corrected chi connectivity index (χ3v) is 12.2. The molecule has 0 spiro atoms. The molecule has 3 aliphatic rings. The van der Waals surface area contributed by atoms with Crippen LogP contribution in [0, 0.1) is 0 Å². The largest absolute Gasteiger partial charge is 0.508 e. The Hall–Kier alpha value is -6.51.